The van der Waals surface area contributed by atoms with Crippen molar-refractivity contribution in [1.29, 1.82) is 0 Å². The van der Waals surface area contributed by atoms with E-state index < -0.39 is 0 Å². The number of hydrogen-bond donors (Lipinski definition) is 1. The molecular weight excluding hydrogens is 292 g/mol. The normalized spacial score (nSPS) is 12.2. The first-order valence-corrected chi connectivity index (χ1v) is 7.15. The van der Waals surface area contributed by atoms with Gasteiger partial charge in [0, 0.05) is 24.0 Å². The molecule has 4 heteroatoms. The van der Waals surface area contributed by atoms with E-state index in [1.165, 1.54) is 0 Å². The molecule has 1 aromatic carbocycles. The van der Waals surface area contributed by atoms with Crippen molar-refractivity contribution in [2.24, 2.45) is 5.73 Å². The summed E-state index contributed by atoms with van der Waals surface area (Å²) in [5.41, 5.74) is 6.61. The lowest BCUT2D eigenvalue weighted by Gasteiger charge is -2.30. The number of hydrogen-bond acceptors (Lipinski definition) is 2. The SMILES string of the molecule is CCCN(C(=O)CCN)C(C)c1ccccc1Br. The van der Waals surface area contributed by atoms with Gasteiger partial charge in [-0.25, -0.2) is 0 Å². The summed E-state index contributed by atoms with van der Waals surface area (Å²) in [6, 6.07) is 8.09. The number of benzene rings is 1. The standard InChI is InChI=1S/C14H21BrN2O/c1-3-10-17(14(18)8-9-16)11(2)12-6-4-5-7-13(12)15/h4-7,11H,3,8-10,16H2,1-2H3. The maximum atomic E-state index is 12.1. The average molecular weight is 313 g/mol. The zero-order valence-electron chi connectivity index (χ0n) is 11.0. The van der Waals surface area contributed by atoms with Crippen LogP contribution in [0.5, 0.6) is 0 Å². The Kier molecular flexibility index (Phi) is 6.36. The molecule has 0 aliphatic carbocycles. The quantitative estimate of drug-likeness (QED) is 0.877. The van der Waals surface area contributed by atoms with E-state index in [9.17, 15) is 4.79 Å². The number of nitrogens with two attached hydrogens (primary N) is 1. The zero-order chi connectivity index (χ0) is 13.5. The summed E-state index contributed by atoms with van der Waals surface area (Å²) in [6.07, 6.45) is 1.36. The van der Waals surface area contributed by atoms with Crippen LogP contribution in [0, 0.1) is 0 Å². The molecule has 100 valence electrons. The highest BCUT2D eigenvalue weighted by Crippen LogP contribution is 2.27. The van der Waals surface area contributed by atoms with Gasteiger partial charge in [-0.2, -0.15) is 0 Å². The van der Waals surface area contributed by atoms with Gasteiger partial charge in [0.2, 0.25) is 5.91 Å². The van der Waals surface area contributed by atoms with E-state index in [0.717, 1.165) is 23.0 Å². The van der Waals surface area contributed by atoms with Crippen LogP contribution in [0.2, 0.25) is 0 Å². The van der Waals surface area contributed by atoms with Crippen LogP contribution < -0.4 is 5.73 Å². The molecule has 1 aromatic rings. The van der Waals surface area contributed by atoms with Gasteiger partial charge in [0.25, 0.3) is 0 Å². The summed E-state index contributed by atoms with van der Waals surface area (Å²) < 4.78 is 1.04. The second kappa shape index (κ2) is 7.54. The van der Waals surface area contributed by atoms with E-state index in [1.807, 2.05) is 29.2 Å². The molecule has 3 nitrogen and oxygen atoms in total. The lowest BCUT2D eigenvalue weighted by molar-refractivity contribution is -0.133. The second-order valence-corrected chi connectivity index (χ2v) is 5.18. The van der Waals surface area contributed by atoms with E-state index in [4.69, 9.17) is 5.73 Å². The van der Waals surface area contributed by atoms with Crippen LogP contribution in [0.4, 0.5) is 0 Å². The molecule has 0 saturated heterocycles. The van der Waals surface area contributed by atoms with Crippen molar-refractivity contribution in [3.8, 4) is 0 Å². The predicted octanol–water partition coefficient (Wildman–Crippen LogP) is 3.10. The first-order chi connectivity index (χ1) is 8.61. The molecule has 0 aliphatic rings. The number of rotatable bonds is 6. The minimum Gasteiger partial charge on any atom is -0.336 e. The monoisotopic (exact) mass is 312 g/mol. The third-order valence-electron chi connectivity index (χ3n) is 2.97. The number of carbonyl (C=O) groups is 1. The van der Waals surface area contributed by atoms with Gasteiger partial charge >= 0.3 is 0 Å². The van der Waals surface area contributed by atoms with Crippen LogP contribution in [-0.2, 0) is 4.79 Å². The second-order valence-electron chi connectivity index (χ2n) is 4.32. The summed E-state index contributed by atoms with van der Waals surface area (Å²) in [6.45, 7) is 5.31. The molecular formula is C14H21BrN2O. The van der Waals surface area contributed by atoms with Crippen molar-refractivity contribution in [3.63, 3.8) is 0 Å². The fraction of sp³-hybridized carbons (Fsp3) is 0.500. The molecule has 0 spiro atoms. The van der Waals surface area contributed by atoms with Gasteiger partial charge in [-0.3, -0.25) is 4.79 Å². The number of nitrogens with zero attached hydrogens (tertiary/aromatic N) is 1. The van der Waals surface area contributed by atoms with Gasteiger partial charge in [-0.05, 0) is 25.0 Å². The van der Waals surface area contributed by atoms with Gasteiger partial charge in [-0.1, -0.05) is 41.1 Å². The number of halogens is 1. The summed E-state index contributed by atoms with van der Waals surface area (Å²) in [5.74, 6) is 0.127. The van der Waals surface area contributed by atoms with Gasteiger partial charge in [0.15, 0.2) is 0 Å². The van der Waals surface area contributed by atoms with E-state index in [2.05, 4.69) is 29.8 Å². The average Bonchev–Trinajstić information content (AvgIpc) is 2.36. The maximum Gasteiger partial charge on any atom is 0.224 e. The molecule has 18 heavy (non-hydrogen) atoms. The molecule has 0 radical (unpaired) electrons. The molecule has 1 amide bonds. The predicted molar refractivity (Wildman–Crippen MR) is 78.2 cm³/mol. The van der Waals surface area contributed by atoms with E-state index in [0.29, 0.717) is 13.0 Å². The Morgan fingerprint density at radius 1 is 1.44 bits per heavy atom. The molecule has 0 heterocycles. The van der Waals surface area contributed by atoms with Crippen LogP contribution >= 0.6 is 15.9 Å². The van der Waals surface area contributed by atoms with Crippen LogP contribution in [0.1, 0.15) is 38.3 Å². The molecule has 1 atom stereocenters. The van der Waals surface area contributed by atoms with Crippen LogP contribution in [-0.4, -0.2) is 23.9 Å². The molecule has 0 saturated carbocycles. The minimum atomic E-state index is 0.0691. The molecule has 0 aromatic heterocycles. The third-order valence-corrected chi connectivity index (χ3v) is 3.69. The lowest BCUT2D eigenvalue weighted by atomic mass is 10.1. The Morgan fingerprint density at radius 2 is 2.11 bits per heavy atom. The minimum absolute atomic E-state index is 0.0691. The molecule has 1 unspecified atom stereocenters. The highest BCUT2D eigenvalue weighted by molar-refractivity contribution is 9.10. The summed E-state index contributed by atoms with van der Waals surface area (Å²) in [7, 11) is 0. The van der Waals surface area contributed by atoms with Crippen molar-refractivity contribution in [2.45, 2.75) is 32.7 Å². The Labute approximate surface area is 117 Å². The van der Waals surface area contributed by atoms with E-state index >= 15 is 0 Å². The highest BCUT2D eigenvalue weighted by Gasteiger charge is 2.21. The first-order valence-electron chi connectivity index (χ1n) is 6.35. The van der Waals surface area contributed by atoms with E-state index in [1.54, 1.807) is 0 Å². The largest absolute Gasteiger partial charge is 0.336 e. The maximum absolute atomic E-state index is 12.1. The van der Waals surface area contributed by atoms with Crippen molar-refractivity contribution in [2.75, 3.05) is 13.1 Å². The Bertz CT molecular complexity index is 395. The zero-order valence-corrected chi connectivity index (χ0v) is 12.6. The van der Waals surface area contributed by atoms with Gasteiger partial charge < -0.3 is 10.6 Å². The molecule has 2 N–H and O–H groups in total. The molecule has 0 fully saturated rings. The van der Waals surface area contributed by atoms with Gasteiger partial charge in [0.05, 0.1) is 6.04 Å². The summed E-state index contributed by atoms with van der Waals surface area (Å²) in [4.78, 5) is 14.0. The summed E-state index contributed by atoms with van der Waals surface area (Å²) in [5, 5.41) is 0. The topological polar surface area (TPSA) is 46.3 Å². The first kappa shape index (κ1) is 15.2. The lowest BCUT2D eigenvalue weighted by Crippen LogP contribution is -2.35. The Morgan fingerprint density at radius 3 is 2.67 bits per heavy atom. The number of amides is 1. The van der Waals surface area contributed by atoms with Gasteiger partial charge in [-0.15, -0.1) is 0 Å². The Hall–Kier alpha value is -0.870. The van der Waals surface area contributed by atoms with Crippen molar-refractivity contribution >= 4 is 21.8 Å². The third kappa shape index (κ3) is 3.82. The van der Waals surface area contributed by atoms with Crippen LogP contribution in [0.15, 0.2) is 28.7 Å². The number of carbonyl (C=O) groups excluding carboxylic acids is 1. The molecule has 0 bridgehead atoms. The van der Waals surface area contributed by atoms with Crippen LogP contribution in [0.25, 0.3) is 0 Å². The van der Waals surface area contributed by atoms with Crippen LogP contribution in [0.3, 0.4) is 0 Å². The molecule has 1 rings (SSSR count). The molecule has 0 aliphatic heterocycles. The highest BCUT2D eigenvalue weighted by atomic mass is 79.9. The van der Waals surface area contributed by atoms with Crippen molar-refractivity contribution in [3.05, 3.63) is 34.3 Å². The van der Waals surface area contributed by atoms with Crippen molar-refractivity contribution < 1.29 is 4.79 Å². The van der Waals surface area contributed by atoms with Gasteiger partial charge in [0.1, 0.15) is 0 Å². The Balaban J connectivity index is 2.92. The summed E-state index contributed by atoms with van der Waals surface area (Å²) >= 11 is 3.54. The fourth-order valence-corrected chi connectivity index (χ4v) is 2.64. The van der Waals surface area contributed by atoms with E-state index in [-0.39, 0.29) is 11.9 Å². The fourth-order valence-electron chi connectivity index (χ4n) is 2.02. The smallest absolute Gasteiger partial charge is 0.224 e. The van der Waals surface area contributed by atoms with Crippen molar-refractivity contribution in [1.82, 2.24) is 4.90 Å².